The van der Waals surface area contributed by atoms with Crippen LogP contribution in [0.25, 0.3) is 22.0 Å². The molecule has 4 rings (SSSR count). The number of rotatable bonds is 5. The highest BCUT2D eigenvalue weighted by atomic mass is 16.3. The summed E-state index contributed by atoms with van der Waals surface area (Å²) in [5.41, 5.74) is 3.28. The molecule has 0 spiro atoms. The molecule has 0 fully saturated rings. The van der Waals surface area contributed by atoms with Gasteiger partial charge in [0.05, 0.1) is 30.5 Å². The van der Waals surface area contributed by atoms with Crippen LogP contribution in [0.1, 0.15) is 11.3 Å². The van der Waals surface area contributed by atoms with Gasteiger partial charge in [-0.25, -0.2) is 4.79 Å². The summed E-state index contributed by atoms with van der Waals surface area (Å²) in [5.74, 6) is 0. The summed E-state index contributed by atoms with van der Waals surface area (Å²) in [4.78, 5) is 20.9. The van der Waals surface area contributed by atoms with Crippen molar-refractivity contribution in [2.75, 3.05) is 0 Å². The molecular formula is C21H18N4O2. The minimum Gasteiger partial charge on any atom is -0.472 e. The van der Waals surface area contributed by atoms with E-state index in [0.29, 0.717) is 17.9 Å². The Labute approximate surface area is 156 Å². The third kappa shape index (κ3) is 3.79. The fourth-order valence-electron chi connectivity index (χ4n) is 2.99. The summed E-state index contributed by atoms with van der Waals surface area (Å²) in [7, 11) is 0. The molecule has 2 aromatic carbocycles. The maximum absolute atomic E-state index is 12.2. The number of nitrogens with zero attached hydrogens (tertiary/aromatic N) is 2. The predicted molar refractivity (Wildman–Crippen MR) is 103 cm³/mol. The van der Waals surface area contributed by atoms with Gasteiger partial charge in [-0.1, -0.05) is 42.5 Å². The quantitative estimate of drug-likeness (QED) is 0.567. The third-order valence-electron chi connectivity index (χ3n) is 4.30. The van der Waals surface area contributed by atoms with Crippen LogP contribution in [0.4, 0.5) is 4.79 Å². The van der Waals surface area contributed by atoms with E-state index in [9.17, 15) is 4.79 Å². The number of carbonyl (C=O) groups is 1. The van der Waals surface area contributed by atoms with E-state index in [2.05, 4.69) is 38.8 Å². The molecule has 2 aromatic heterocycles. The Morgan fingerprint density at radius 1 is 0.926 bits per heavy atom. The molecular weight excluding hydrogens is 340 g/mol. The molecule has 0 aliphatic carbocycles. The van der Waals surface area contributed by atoms with E-state index in [4.69, 9.17) is 4.42 Å². The van der Waals surface area contributed by atoms with E-state index >= 15 is 0 Å². The summed E-state index contributed by atoms with van der Waals surface area (Å²) >= 11 is 0. The molecule has 0 saturated carbocycles. The van der Waals surface area contributed by atoms with Crippen LogP contribution in [-0.4, -0.2) is 16.0 Å². The third-order valence-corrected chi connectivity index (χ3v) is 4.30. The smallest absolute Gasteiger partial charge is 0.315 e. The van der Waals surface area contributed by atoms with Crippen molar-refractivity contribution in [3.05, 3.63) is 84.7 Å². The zero-order valence-electron chi connectivity index (χ0n) is 14.6. The van der Waals surface area contributed by atoms with Crippen LogP contribution < -0.4 is 10.6 Å². The minimum atomic E-state index is -0.258. The van der Waals surface area contributed by atoms with Gasteiger partial charge in [-0.2, -0.15) is 0 Å². The molecule has 0 atom stereocenters. The normalized spacial score (nSPS) is 10.7. The van der Waals surface area contributed by atoms with Gasteiger partial charge < -0.3 is 15.1 Å². The van der Waals surface area contributed by atoms with Gasteiger partial charge in [0.15, 0.2) is 0 Å². The van der Waals surface area contributed by atoms with Gasteiger partial charge in [-0.3, -0.25) is 9.97 Å². The predicted octanol–water partition coefficient (Wildman–Crippen LogP) is 3.89. The fraction of sp³-hybridized carbons (Fsp3) is 0.0952. The average molecular weight is 358 g/mol. The van der Waals surface area contributed by atoms with Crippen molar-refractivity contribution in [2.24, 2.45) is 0 Å². The first-order valence-electron chi connectivity index (χ1n) is 8.62. The molecule has 0 aliphatic heterocycles. The van der Waals surface area contributed by atoms with Gasteiger partial charge in [-0.05, 0) is 22.4 Å². The number of nitrogens with one attached hydrogen (secondary N) is 2. The molecule has 27 heavy (non-hydrogen) atoms. The second-order valence-corrected chi connectivity index (χ2v) is 6.04. The van der Waals surface area contributed by atoms with Crippen molar-refractivity contribution in [3.63, 3.8) is 0 Å². The van der Waals surface area contributed by atoms with Crippen molar-refractivity contribution < 1.29 is 9.21 Å². The van der Waals surface area contributed by atoms with Gasteiger partial charge in [0.25, 0.3) is 0 Å². The zero-order chi connectivity index (χ0) is 18.5. The van der Waals surface area contributed by atoms with Crippen molar-refractivity contribution in [2.45, 2.75) is 13.1 Å². The Hall–Kier alpha value is -3.67. The lowest BCUT2D eigenvalue weighted by Crippen LogP contribution is -2.35. The highest BCUT2D eigenvalue weighted by Gasteiger charge is 2.10. The molecule has 0 aliphatic rings. The molecule has 0 radical (unpaired) electrons. The number of furan rings is 1. The summed E-state index contributed by atoms with van der Waals surface area (Å²) in [6.07, 6.45) is 6.41. The van der Waals surface area contributed by atoms with Crippen LogP contribution in [0.5, 0.6) is 0 Å². The van der Waals surface area contributed by atoms with Crippen molar-refractivity contribution in [1.29, 1.82) is 0 Å². The Morgan fingerprint density at radius 3 is 2.63 bits per heavy atom. The van der Waals surface area contributed by atoms with E-state index in [-0.39, 0.29) is 12.6 Å². The number of urea groups is 1. The zero-order valence-corrected chi connectivity index (χ0v) is 14.6. The van der Waals surface area contributed by atoms with Crippen LogP contribution in [0.3, 0.4) is 0 Å². The van der Waals surface area contributed by atoms with E-state index < -0.39 is 0 Å². The molecule has 2 amide bonds. The fourth-order valence-corrected chi connectivity index (χ4v) is 2.99. The lowest BCUT2D eigenvalue weighted by atomic mass is 10.0. The molecule has 2 heterocycles. The number of fused-ring (bicyclic) bond motifs is 1. The Kier molecular flexibility index (Phi) is 4.78. The summed E-state index contributed by atoms with van der Waals surface area (Å²) < 4.78 is 5.10. The monoisotopic (exact) mass is 358 g/mol. The van der Waals surface area contributed by atoms with Gasteiger partial charge in [0, 0.05) is 24.5 Å². The van der Waals surface area contributed by atoms with Crippen molar-refractivity contribution >= 4 is 16.8 Å². The SMILES string of the molecule is O=C(NCc1nccnc1-c1ccoc1)NCc1cccc2ccccc12. The van der Waals surface area contributed by atoms with Crippen LogP contribution >= 0.6 is 0 Å². The number of amides is 2. The average Bonchev–Trinajstić information content (AvgIpc) is 3.25. The maximum atomic E-state index is 12.2. The lowest BCUT2D eigenvalue weighted by Gasteiger charge is -2.10. The first-order valence-corrected chi connectivity index (χ1v) is 8.62. The molecule has 6 heteroatoms. The van der Waals surface area contributed by atoms with Crippen molar-refractivity contribution in [3.8, 4) is 11.3 Å². The maximum Gasteiger partial charge on any atom is 0.315 e. The topological polar surface area (TPSA) is 80.1 Å². The van der Waals surface area contributed by atoms with Crippen LogP contribution in [0, 0.1) is 0 Å². The van der Waals surface area contributed by atoms with Crippen LogP contribution in [0.2, 0.25) is 0 Å². The van der Waals surface area contributed by atoms with Crippen molar-refractivity contribution in [1.82, 2.24) is 20.6 Å². The molecule has 4 aromatic rings. The number of hydrogen-bond donors (Lipinski definition) is 2. The first-order chi connectivity index (χ1) is 13.3. The lowest BCUT2D eigenvalue weighted by molar-refractivity contribution is 0.240. The van der Waals surface area contributed by atoms with Gasteiger partial charge in [0.2, 0.25) is 0 Å². The first kappa shape index (κ1) is 16.8. The Morgan fingerprint density at radius 2 is 1.74 bits per heavy atom. The van der Waals surface area contributed by atoms with Gasteiger partial charge in [-0.15, -0.1) is 0 Å². The number of carbonyl (C=O) groups excluding carboxylic acids is 1. The minimum absolute atomic E-state index is 0.258. The molecule has 6 nitrogen and oxygen atoms in total. The molecule has 2 N–H and O–H groups in total. The molecule has 134 valence electrons. The van der Waals surface area contributed by atoms with E-state index in [1.54, 1.807) is 24.9 Å². The largest absolute Gasteiger partial charge is 0.472 e. The molecule has 0 bridgehead atoms. The van der Waals surface area contributed by atoms with Gasteiger partial charge in [0.1, 0.15) is 0 Å². The van der Waals surface area contributed by atoms with E-state index in [0.717, 1.165) is 21.9 Å². The van der Waals surface area contributed by atoms with Crippen LogP contribution in [-0.2, 0) is 13.1 Å². The summed E-state index contributed by atoms with van der Waals surface area (Å²) in [6, 6.07) is 15.7. The number of aromatic nitrogens is 2. The standard InChI is InChI=1S/C21H18N4O2/c26-21(24-12-16-6-3-5-15-4-1-2-7-18(15)16)25-13-19-20(23-10-9-22-19)17-8-11-27-14-17/h1-11,14H,12-13H2,(H2,24,25,26). The Balaban J connectivity index is 1.40. The summed E-state index contributed by atoms with van der Waals surface area (Å²) in [6.45, 7) is 0.720. The molecule has 0 saturated heterocycles. The number of hydrogen-bond acceptors (Lipinski definition) is 4. The van der Waals surface area contributed by atoms with Gasteiger partial charge >= 0.3 is 6.03 Å². The highest BCUT2D eigenvalue weighted by Crippen LogP contribution is 2.20. The van der Waals surface area contributed by atoms with E-state index in [1.165, 1.54) is 0 Å². The van der Waals surface area contributed by atoms with Crippen LogP contribution in [0.15, 0.2) is 77.9 Å². The summed E-state index contributed by atoms with van der Waals surface area (Å²) in [5, 5.41) is 8.03. The second kappa shape index (κ2) is 7.70. The number of benzene rings is 2. The highest BCUT2D eigenvalue weighted by molar-refractivity contribution is 5.86. The van der Waals surface area contributed by atoms with E-state index in [1.807, 2.05) is 30.3 Å². The second-order valence-electron chi connectivity index (χ2n) is 6.04. The molecule has 0 unspecified atom stereocenters. The Bertz CT molecular complexity index is 1060.